The van der Waals surface area contributed by atoms with Crippen molar-refractivity contribution in [1.82, 2.24) is 5.32 Å². The van der Waals surface area contributed by atoms with E-state index in [1.807, 2.05) is 37.3 Å². The average Bonchev–Trinajstić information content (AvgIpc) is 3.21. The standard InChI is InChI=1S/C47H74N2O16/c1-4-49-45(60)42-38(56)27-47(61)26-33(52)23-37(55)35(53)20-19-31(50)22-32(51)24-41(58)63-30(3)21-36(54)29(2)17-15-13-11-9-7-5-6-8-10-12-14-16-18-34(25-40(42)65-47)64-46-44(59)43(48)39(57)28-62-46/h5-18,29-40,42-44,46,50-57,59,61H,4,19-28,48H2,1-3H3,(H,49,60)/b6-5+,9-7+,10-8+,13-11+,14-12+,17-15+,18-16+/t29-,30-,31?,32?,33?,34?,35?,36-,37+,38-,39+,40-,42?,43-,44+,46-,47?/m0/s1. The number of hydrogen-bond donors (Lipinski definition) is 12. The number of fused-ring (bicyclic) bond motifs is 2. The number of aliphatic hydroxyl groups excluding tert-OH is 9. The van der Waals surface area contributed by atoms with Gasteiger partial charge < -0.3 is 81.1 Å². The Morgan fingerprint density at radius 1 is 0.723 bits per heavy atom. The third-order valence-corrected chi connectivity index (χ3v) is 11.4. The average molecular weight is 923 g/mol. The van der Waals surface area contributed by atoms with Crippen LogP contribution >= 0.6 is 0 Å². The van der Waals surface area contributed by atoms with Crippen molar-refractivity contribution in [2.75, 3.05) is 13.2 Å². The highest BCUT2D eigenvalue weighted by atomic mass is 16.7. The molecular weight excluding hydrogens is 849 g/mol. The van der Waals surface area contributed by atoms with Gasteiger partial charge in [0.2, 0.25) is 5.91 Å². The molecule has 2 bridgehead atoms. The summed E-state index contributed by atoms with van der Waals surface area (Å²) in [7, 11) is 0. The summed E-state index contributed by atoms with van der Waals surface area (Å²) in [5, 5.41) is 111. The molecule has 368 valence electrons. The largest absolute Gasteiger partial charge is 0.462 e. The summed E-state index contributed by atoms with van der Waals surface area (Å²) in [5.41, 5.74) is 5.98. The highest BCUT2D eigenvalue weighted by molar-refractivity contribution is 5.80. The van der Waals surface area contributed by atoms with E-state index in [0.29, 0.717) is 0 Å². The molecule has 18 heteroatoms. The molecular formula is C47H74N2O16. The number of nitrogens with two attached hydrogens (primary N) is 1. The highest BCUT2D eigenvalue weighted by Gasteiger charge is 2.50. The normalized spacial score (nSPS) is 43.1. The van der Waals surface area contributed by atoms with E-state index in [0.717, 1.165) is 0 Å². The molecule has 0 spiro atoms. The smallest absolute Gasteiger partial charge is 0.308 e. The fourth-order valence-electron chi connectivity index (χ4n) is 7.80. The number of aliphatic hydroxyl groups is 10. The maximum Gasteiger partial charge on any atom is 0.308 e. The van der Waals surface area contributed by atoms with Gasteiger partial charge in [-0.1, -0.05) is 92.0 Å². The molecule has 13 N–H and O–H groups in total. The van der Waals surface area contributed by atoms with Crippen molar-refractivity contribution in [3.63, 3.8) is 0 Å². The molecule has 17 atom stereocenters. The van der Waals surface area contributed by atoms with Crippen molar-refractivity contribution in [1.29, 1.82) is 0 Å². The minimum absolute atomic E-state index is 0.0846. The van der Waals surface area contributed by atoms with Crippen LogP contribution in [-0.4, -0.2) is 167 Å². The van der Waals surface area contributed by atoms with Gasteiger partial charge in [0.05, 0.1) is 86.0 Å². The summed E-state index contributed by atoms with van der Waals surface area (Å²) in [5.74, 6) is -5.01. The lowest BCUT2D eigenvalue weighted by Crippen LogP contribution is -2.59. The summed E-state index contributed by atoms with van der Waals surface area (Å²) in [4.78, 5) is 25.8. The summed E-state index contributed by atoms with van der Waals surface area (Å²) >= 11 is 0. The Bertz CT molecular complexity index is 1640. The van der Waals surface area contributed by atoms with E-state index in [1.165, 1.54) is 0 Å². The van der Waals surface area contributed by atoms with E-state index < -0.39 is 135 Å². The van der Waals surface area contributed by atoms with Crippen molar-refractivity contribution in [3.8, 4) is 0 Å². The van der Waals surface area contributed by atoms with Crippen LogP contribution in [0.3, 0.4) is 0 Å². The molecule has 2 fully saturated rings. The monoisotopic (exact) mass is 923 g/mol. The molecule has 3 aliphatic rings. The van der Waals surface area contributed by atoms with Crippen LogP contribution < -0.4 is 11.1 Å². The quantitative estimate of drug-likeness (QED) is 0.167. The first-order valence-corrected chi connectivity index (χ1v) is 22.5. The van der Waals surface area contributed by atoms with Crippen LogP contribution in [0.4, 0.5) is 0 Å². The molecule has 1 amide bonds. The molecule has 0 radical (unpaired) electrons. The van der Waals surface area contributed by atoms with Gasteiger partial charge in [0.25, 0.3) is 0 Å². The molecule has 7 unspecified atom stereocenters. The first-order chi connectivity index (χ1) is 30.8. The van der Waals surface area contributed by atoms with Crippen molar-refractivity contribution < 1.29 is 79.6 Å². The number of carbonyl (C=O) groups is 2. The maximum absolute atomic E-state index is 13.3. The van der Waals surface area contributed by atoms with Crippen molar-refractivity contribution >= 4 is 11.9 Å². The predicted molar refractivity (Wildman–Crippen MR) is 239 cm³/mol. The Balaban J connectivity index is 1.87. The Labute approximate surface area is 381 Å². The number of hydrogen-bond acceptors (Lipinski definition) is 17. The summed E-state index contributed by atoms with van der Waals surface area (Å²) < 4.78 is 23.2. The lowest BCUT2D eigenvalue weighted by molar-refractivity contribution is -0.304. The minimum Gasteiger partial charge on any atom is -0.462 e. The van der Waals surface area contributed by atoms with Gasteiger partial charge in [0, 0.05) is 44.6 Å². The zero-order chi connectivity index (χ0) is 48.1. The third-order valence-electron chi connectivity index (χ3n) is 11.4. The molecule has 3 heterocycles. The second-order valence-electron chi connectivity index (χ2n) is 17.3. The van der Waals surface area contributed by atoms with Crippen LogP contribution in [0.1, 0.15) is 78.6 Å². The molecule has 3 rings (SSSR count). The van der Waals surface area contributed by atoms with Crippen LogP contribution in [0.5, 0.6) is 0 Å². The van der Waals surface area contributed by atoms with Gasteiger partial charge in [-0.25, -0.2) is 0 Å². The minimum atomic E-state index is -2.24. The number of nitrogens with one attached hydrogen (secondary N) is 1. The predicted octanol–water partition coefficient (Wildman–Crippen LogP) is 0.129. The van der Waals surface area contributed by atoms with E-state index in [4.69, 9.17) is 24.7 Å². The fourth-order valence-corrected chi connectivity index (χ4v) is 7.80. The lowest BCUT2D eigenvalue weighted by atomic mass is 9.82. The van der Waals surface area contributed by atoms with Crippen LogP contribution in [0.2, 0.25) is 0 Å². The van der Waals surface area contributed by atoms with Gasteiger partial charge in [0.1, 0.15) is 12.2 Å². The molecule has 0 aliphatic carbocycles. The Morgan fingerprint density at radius 3 is 1.94 bits per heavy atom. The first-order valence-electron chi connectivity index (χ1n) is 22.5. The zero-order valence-corrected chi connectivity index (χ0v) is 37.6. The lowest BCUT2D eigenvalue weighted by Gasteiger charge is -2.45. The summed E-state index contributed by atoms with van der Waals surface area (Å²) in [6, 6.07) is -1.10. The molecule has 3 aliphatic heterocycles. The van der Waals surface area contributed by atoms with Gasteiger partial charge in [-0.2, -0.15) is 0 Å². The Kier molecular flexibility index (Phi) is 24.7. The highest BCUT2D eigenvalue weighted by Crippen LogP contribution is 2.38. The van der Waals surface area contributed by atoms with E-state index >= 15 is 0 Å². The van der Waals surface area contributed by atoms with Gasteiger partial charge >= 0.3 is 5.97 Å². The zero-order valence-electron chi connectivity index (χ0n) is 37.6. The Morgan fingerprint density at radius 2 is 1.32 bits per heavy atom. The van der Waals surface area contributed by atoms with E-state index in [2.05, 4.69) is 5.32 Å². The number of ether oxygens (including phenoxy) is 4. The number of rotatable bonds is 4. The number of esters is 1. The second-order valence-corrected chi connectivity index (χ2v) is 17.3. The molecule has 0 aromatic heterocycles. The Hall–Kier alpha value is -3.44. The fraction of sp³-hybridized carbons (Fsp3) is 0.660. The molecule has 0 saturated carbocycles. The topological polar surface area (TPSA) is 311 Å². The second kappa shape index (κ2) is 28.7. The SMILES string of the molecule is CCNC(=O)C1[C@@H]2CC(O[C@@H]3OC[C@@H](O)[C@H](N)[C@H]3O)/C=C/C=C/C=C/C=C/C=C/C=C/C=C/[C@H](C)[C@@H](O)C[C@H](C)OC(=O)CC(O)CC(O)CCC(O)[C@H](O)CC(O)CC(O)(C[C@@H]1O)O2. The van der Waals surface area contributed by atoms with E-state index in [9.17, 15) is 60.7 Å². The van der Waals surface area contributed by atoms with Crippen LogP contribution in [0.25, 0.3) is 0 Å². The molecule has 0 aromatic carbocycles. The van der Waals surface area contributed by atoms with Crippen LogP contribution in [0, 0.1) is 11.8 Å². The van der Waals surface area contributed by atoms with E-state index in [-0.39, 0.29) is 51.2 Å². The van der Waals surface area contributed by atoms with Crippen LogP contribution in [-0.2, 0) is 28.5 Å². The van der Waals surface area contributed by atoms with E-state index in [1.54, 1.807) is 68.5 Å². The number of allylic oxidation sites excluding steroid dienone is 12. The summed E-state index contributed by atoms with van der Waals surface area (Å²) in [6.07, 6.45) is 6.19. The van der Waals surface area contributed by atoms with Gasteiger partial charge in [-0.05, 0) is 33.1 Å². The van der Waals surface area contributed by atoms with Gasteiger partial charge in [-0.3, -0.25) is 9.59 Å². The van der Waals surface area contributed by atoms with Crippen molar-refractivity contribution in [2.24, 2.45) is 17.6 Å². The van der Waals surface area contributed by atoms with Crippen molar-refractivity contribution in [3.05, 3.63) is 85.1 Å². The molecule has 2 saturated heterocycles. The molecule has 65 heavy (non-hydrogen) atoms. The third kappa shape index (κ3) is 20.1. The summed E-state index contributed by atoms with van der Waals surface area (Å²) in [6.45, 7) is 5.13. The molecule has 0 aromatic rings. The number of carbonyl (C=O) groups excluding carboxylic acids is 2. The van der Waals surface area contributed by atoms with Gasteiger partial charge in [0.15, 0.2) is 12.1 Å². The maximum atomic E-state index is 13.3. The van der Waals surface area contributed by atoms with Crippen molar-refractivity contribution in [2.45, 2.75) is 170 Å². The number of cyclic esters (lactones) is 1. The van der Waals surface area contributed by atoms with Gasteiger partial charge in [-0.15, -0.1) is 0 Å². The van der Waals surface area contributed by atoms with Crippen LogP contribution in [0.15, 0.2) is 85.1 Å². The number of amides is 1. The first kappa shape index (κ1) is 55.9. The molecule has 18 nitrogen and oxygen atoms in total.